The summed E-state index contributed by atoms with van der Waals surface area (Å²) in [4.78, 5) is 98.8. The molecule has 0 rings (SSSR count). The van der Waals surface area contributed by atoms with Crippen LogP contribution >= 0.6 is 0 Å². The molecule has 46 heavy (non-hydrogen) atoms. The number of esters is 2. The molecule has 0 aromatic heterocycles. The first-order valence-electron chi connectivity index (χ1n) is 14.4. The molecule has 0 fully saturated rings. The first kappa shape index (κ1) is 41.0. The van der Waals surface area contributed by atoms with Crippen molar-refractivity contribution in [1.82, 2.24) is 26.6 Å². The van der Waals surface area contributed by atoms with Crippen molar-refractivity contribution in [3.05, 3.63) is 24.4 Å². The van der Waals surface area contributed by atoms with Crippen molar-refractivity contribution in [2.45, 2.75) is 90.0 Å². The van der Waals surface area contributed by atoms with Gasteiger partial charge < -0.3 is 46.9 Å². The van der Waals surface area contributed by atoms with Gasteiger partial charge in [-0.3, -0.25) is 28.8 Å². The largest absolute Gasteiger partial charge is 0.481 e. The lowest BCUT2D eigenvalue weighted by atomic mass is 10.0. The van der Waals surface area contributed by atoms with Gasteiger partial charge in [0.25, 0.3) is 0 Å². The lowest BCUT2D eigenvalue weighted by Gasteiger charge is -2.26. The second-order valence-electron chi connectivity index (χ2n) is 10.7. The Balaban J connectivity index is 6.04. The van der Waals surface area contributed by atoms with Crippen LogP contribution in [0, 0.1) is 5.92 Å². The molecular weight excluding hydrogens is 608 g/mol. The Labute approximate surface area is 267 Å². The van der Waals surface area contributed by atoms with Crippen LogP contribution in [-0.4, -0.2) is 97.0 Å². The number of allylic oxidation sites excluding steroid dienone is 1. The van der Waals surface area contributed by atoms with Crippen LogP contribution in [0.1, 0.15) is 59.8 Å². The Morgan fingerprint density at radius 3 is 1.80 bits per heavy atom. The van der Waals surface area contributed by atoms with E-state index in [9.17, 15) is 43.5 Å². The predicted molar refractivity (Wildman–Crippen MR) is 163 cm³/mol. The van der Waals surface area contributed by atoms with Gasteiger partial charge in [0.05, 0.1) is 14.2 Å². The summed E-state index contributed by atoms with van der Waals surface area (Å²) in [5.74, 6) is -6.89. The minimum atomic E-state index is -1.47. The van der Waals surface area contributed by atoms with Gasteiger partial charge in [0.1, 0.15) is 30.2 Å². The number of carbonyl (C=O) groups excluding carboxylic acids is 7. The fourth-order valence-corrected chi connectivity index (χ4v) is 3.86. The van der Waals surface area contributed by atoms with Crippen LogP contribution in [0.15, 0.2) is 24.4 Å². The lowest BCUT2D eigenvalue weighted by Crippen LogP contribution is -2.58. The number of ether oxygens (including phenoxy) is 2. The maximum atomic E-state index is 13.4. The van der Waals surface area contributed by atoms with Gasteiger partial charge in [-0.15, -0.1) is 0 Å². The summed E-state index contributed by atoms with van der Waals surface area (Å²) >= 11 is 0. The van der Waals surface area contributed by atoms with Crippen LogP contribution in [0.5, 0.6) is 0 Å². The third kappa shape index (κ3) is 16.2. The van der Waals surface area contributed by atoms with Gasteiger partial charge >= 0.3 is 17.9 Å². The molecule has 0 unspecified atom stereocenters. The number of nitrogens with two attached hydrogens (primary N) is 1. The van der Waals surface area contributed by atoms with Crippen molar-refractivity contribution in [3.8, 4) is 0 Å². The number of carboxylic acid groups (broad SMARTS) is 1. The standard InChI is InChI=1S/C29H46N6O11/c1-15(2)24(29(44)46-7)35-25(40)17(4)31-26(41)20(12-13-22(37)38)34-27(42)19(10-8-9-11-23(39)45-6)33-28(43)21(14-16(3)30)32-18(5)36/h9,11,15,17,19-21,24H,3,8,10,12-14,30H2,1-2,4-7H3,(H,31,41)(H,32,36)(H,33,43)(H,34,42)(H,35,40)(H,37,38)/b11-9+/t17-,19-,20-,21-,24-/m0/s1. The highest BCUT2D eigenvalue weighted by Gasteiger charge is 2.32. The molecule has 0 bridgehead atoms. The summed E-state index contributed by atoms with van der Waals surface area (Å²) in [6.07, 6.45) is 1.38. The predicted octanol–water partition coefficient (Wildman–Crippen LogP) is -1.48. The Morgan fingerprint density at radius 1 is 0.783 bits per heavy atom. The highest BCUT2D eigenvalue weighted by atomic mass is 16.5. The highest BCUT2D eigenvalue weighted by Crippen LogP contribution is 2.08. The highest BCUT2D eigenvalue weighted by molar-refractivity contribution is 5.96. The number of amides is 5. The minimum Gasteiger partial charge on any atom is -0.481 e. The van der Waals surface area contributed by atoms with E-state index in [1.165, 1.54) is 27.0 Å². The molecule has 8 N–H and O–H groups in total. The van der Waals surface area contributed by atoms with Crippen LogP contribution in [0.25, 0.3) is 0 Å². The van der Waals surface area contributed by atoms with Crippen molar-refractivity contribution in [1.29, 1.82) is 0 Å². The van der Waals surface area contributed by atoms with Crippen LogP contribution in [-0.2, 0) is 47.8 Å². The van der Waals surface area contributed by atoms with E-state index < -0.39 is 84.1 Å². The molecule has 0 aliphatic rings. The third-order valence-corrected chi connectivity index (χ3v) is 6.32. The van der Waals surface area contributed by atoms with Crippen LogP contribution in [0.4, 0.5) is 0 Å². The summed E-state index contributed by atoms with van der Waals surface area (Å²) < 4.78 is 9.21. The second-order valence-corrected chi connectivity index (χ2v) is 10.7. The monoisotopic (exact) mass is 654 g/mol. The average molecular weight is 655 g/mol. The maximum Gasteiger partial charge on any atom is 0.330 e. The number of methoxy groups -OCH3 is 2. The molecule has 5 amide bonds. The van der Waals surface area contributed by atoms with Crippen molar-refractivity contribution in [2.24, 2.45) is 11.7 Å². The van der Waals surface area contributed by atoms with E-state index in [4.69, 9.17) is 10.5 Å². The van der Waals surface area contributed by atoms with Gasteiger partial charge in [0.15, 0.2) is 0 Å². The van der Waals surface area contributed by atoms with Crippen LogP contribution < -0.4 is 32.3 Å². The van der Waals surface area contributed by atoms with Crippen LogP contribution in [0.3, 0.4) is 0 Å². The Morgan fingerprint density at radius 2 is 1.33 bits per heavy atom. The number of carboxylic acids is 1. The molecule has 5 atom stereocenters. The van der Waals surface area contributed by atoms with Gasteiger partial charge in [-0.1, -0.05) is 26.5 Å². The molecule has 0 radical (unpaired) electrons. The summed E-state index contributed by atoms with van der Waals surface area (Å²) in [5.41, 5.74) is 5.69. The van der Waals surface area contributed by atoms with E-state index in [2.05, 4.69) is 37.9 Å². The van der Waals surface area contributed by atoms with Gasteiger partial charge in [-0.2, -0.15) is 0 Å². The van der Waals surface area contributed by atoms with E-state index in [1.54, 1.807) is 13.8 Å². The molecule has 0 aromatic rings. The Kier molecular flexibility index (Phi) is 18.6. The van der Waals surface area contributed by atoms with Crippen molar-refractivity contribution in [3.63, 3.8) is 0 Å². The van der Waals surface area contributed by atoms with Gasteiger partial charge in [-0.05, 0) is 32.1 Å². The molecule has 0 aliphatic heterocycles. The van der Waals surface area contributed by atoms with E-state index in [0.29, 0.717) is 0 Å². The number of nitrogens with one attached hydrogen (secondary N) is 5. The summed E-state index contributed by atoms with van der Waals surface area (Å²) in [6.45, 7) is 9.36. The molecule has 0 aliphatic carbocycles. The van der Waals surface area contributed by atoms with Crippen molar-refractivity contribution in [2.75, 3.05) is 14.2 Å². The fraction of sp³-hybridized carbons (Fsp3) is 0.586. The SMILES string of the molecule is C=C(N)C[C@H](NC(C)=O)C(=O)N[C@@H](CC/C=C/C(=O)OC)C(=O)N[C@@H](CCC(=O)O)C(=O)N[C@@H](C)C(=O)N[C@H](C(=O)OC)C(C)C. The molecule has 0 saturated carbocycles. The smallest absolute Gasteiger partial charge is 0.330 e. The van der Waals surface area contributed by atoms with Crippen molar-refractivity contribution < 1.29 is 52.9 Å². The first-order chi connectivity index (χ1) is 21.4. The zero-order valence-corrected chi connectivity index (χ0v) is 27.0. The zero-order chi connectivity index (χ0) is 35.6. The number of rotatable bonds is 20. The van der Waals surface area contributed by atoms with Gasteiger partial charge in [-0.25, -0.2) is 9.59 Å². The topological polar surface area (TPSA) is 261 Å². The van der Waals surface area contributed by atoms with E-state index in [0.717, 1.165) is 13.2 Å². The number of hydrogen-bond donors (Lipinski definition) is 7. The Bertz CT molecular complexity index is 1150. The molecule has 0 heterocycles. The minimum absolute atomic E-state index is 0.0717. The molecule has 0 saturated heterocycles. The van der Waals surface area contributed by atoms with Crippen LogP contribution in [0.2, 0.25) is 0 Å². The molecule has 0 spiro atoms. The average Bonchev–Trinajstić information content (AvgIpc) is 2.97. The summed E-state index contributed by atoms with van der Waals surface area (Å²) in [7, 11) is 2.33. The van der Waals surface area contributed by atoms with Crippen molar-refractivity contribution >= 4 is 47.4 Å². The number of hydrogen-bond acceptors (Lipinski definition) is 11. The fourth-order valence-electron chi connectivity index (χ4n) is 3.86. The first-order valence-corrected chi connectivity index (χ1v) is 14.4. The number of aliphatic carboxylic acids is 1. The quantitative estimate of drug-likeness (QED) is 0.0585. The molecule has 17 heteroatoms. The van der Waals surface area contributed by atoms with Gasteiger partial charge in [0, 0.05) is 31.5 Å². The third-order valence-electron chi connectivity index (χ3n) is 6.32. The second kappa shape index (κ2) is 20.9. The number of carbonyl (C=O) groups is 8. The van der Waals surface area contributed by atoms with E-state index >= 15 is 0 Å². The summed E-state index contributed by atoms with van der Waals surface area (Å²) in [5, 5.41) is 21.4. The zero-order valence-electron chi connectivity index (χ0n) is 27.0. The Hall–Kier alpha value is -4.96. The molecule has 0 aromatic carbocycles. The molecular formula is C29H46N6O11. The summed E-state index contributed by atoms with van der Waals surface area (Å²) in [6, 6.07) is -6.23. The van der Waals surface area contributed by atoms with E-state index in [-0.39, 0.29) is 37.3 Å². The van der Waals surface area contributed by atoms with Gasteiger partial charge in [0.2, 0.25) is 29.5 Å². The molecule has 258 valence electrons. The lowest BCUT2D eigenvalue weighted by molar-refractivity contribution is -0.146. The van der Waals surface area contributed by atoms with E-state index in [1.807, 2.05) is 0 Å². The maximum absolute atomic E-state index is 13.4. The normalized spacial score (nSPS) is 14.1. The molecule has 17 nitrogen and oxygen atoms in total.